The van der Waals surface area contributed by atoms with Gasteiger partial charge in [-0.05, 0) is 35.4 Å². The molecule has 0 heterocycles. The van der Waals surface area contributed by atoms with Gasteiger partial charge in [-0.3, -0.25) is 0 Å². The van der Waals surface area contributed by atoms with Crippen LogP contribution in [-0.2, 0) is 0 Å². The van der Waals surface area contributed by atoms with Crippen LogP contribution in [0.5, 0.6) is 0 Å². The van der Waals surface area contributed by atoms with Gasteiger partial charge in [0.25, 0.3) is 0 Å². The second kappa shape index (κ2) is 4.52. The quantitative estimate of drug-likeness (QED) is 0.888. The van der Waals surface area contributed by atoms with Crippen molar-refractivity contribution >= 4 is 5.97 Å². The highest BCUT2D eigenvalue weighted by Crippen LogP contribution is 2.26. The Bertz CT molecular complexity index is 606. The van der Waals surface area contributed by atoms with E-state index >= 15 is 0 Å². The van der Waals surface area contributed by atoms with Gasteiger partial charge in [-0.2, -0.15) is 0 Å². The molecule has 2 nitrogen and oxygen atoms in total. The van der Waals surface area contributed by atoms with Crippen molar-refractivity contribution in [3.05, 3.63) is 59.4 Å². The minimum Gasteiger partial charge on any atom is -0.478 e. The fraction of sp³-hybridized carbons (Fsp3) is 0. The highest BCUT2D eigenvalue weighted by molar-refractivity contribution is 5.96. The van der Waals surface area contributed by atoms with Gasteiger partial charge in [-0.1, -0.05) is 12.1 Å². The molecule has 0 spiro atoms. The average Bonchev–Trinajstić information content (AvgIpc) is 2.33. The molecule has 2 aromatic carbocycles. The molecule has 0 unspecified atom stereocenters. The van der Waals surface area contributed by atoms with E-state index in [4.69, 9.17) is 5.11 Å². The molecule has 0 amide bonds. The van der Waals surface area contributed by atoms with E-state index in [9.17, 15) is 18.0 Å². The van der Waals surface area contributed by atoms with Gasteiger partial charge < -0.3 is 5.11 Å². The number of carboxylic acid groups (broad SMARTS) is 1. The van der Waals surface area contributed by atoms with Crippen molar-refractivity contribution in [2.45, 2.75) is 0 Å². The summed E-state index contributed by atoms with van der Waals surface area (Å²) in [4.78, 5) is 11.0. The van der Waals surface area contributed by atoms with Crippen molar-refractivity contribution < 1.29 is 23.1 Å². The topological polar surface area (TPSA) is 37.3 Å². The Kier molecular flexibility index (Phi) is 3.06. The van der Waals surface area contributed by atoms with Gasteiger partial charge in [0, 0.05) is 0 Å². The number of carboxylic acids is 1. The summed E-state index contributed by atoms with van der Waals surface area (Å²) in [5.74, 6) is -4.27. The zero-order valence-electron chi connectivity index (χ0n) is 8.95. The van der Waals surface area contributed by atoms with Crippen molar-refractivity contribution in [3.63, 3.8) is 0 Å². The number of halogens is 3. The highest BCUT2D eigenvalue weighted by atomic mass is 19.2. The fourth-order valence-corrected chi connectivity index (χ4v) is 1.59. The Balaban J connectivity index is 2.65. The number of hydrogen-bond acceptors (Lipinski definition) is 1. The molecule has 0 aliphatic carbocycles. The Morgan fingerprint density at radius 1 is 0.944 bits per heavy atom. The van der Waals surface area contributed by atoms with Crippen LogP contribution < -0.4 is 0 Å². The van der Waals surface area contributed by atoms with Crippen LogP contribution in [0.25, 0.3) is 11.1 Å². The van der Waals surface area contributed by atoms with Crippen LogP contribution in [0.2, 0.25) is 0 Å². The standard InChI is InChI=1S/C13H7F3O2/c14-8-3-1-7(2-4-8)9-5-11(15)12(16)6-10(9)13(17)18/h1-6H,(H,17,18). The minimum atomic E-state index is -1.38. The number of rotatable bonds is 2. The molecule has 0 aromatic heterocycles. The van der Waals surface area contributed by atoms with Gasteiger partial charge in [-0.15, -0.1) is 0 Å². The lowest BCUT2D eigenvalue weighted by atomic mass is 9.99. The van der Waals surface area contributed by atoms with Crippen LogP contribution in [0.4, 0.5) is 13.2 Å². The van der Waals surface area contributed by atoms with Gasteiger partial charge in [0.05, 0.1) is 5.56 Å². The Morgan fingerprint density at radius 3 is 2.06 bits per heavy atom. The highest BCUT2D eigenvalue weighted by Gasteiger charge is 2.16. The largest absolute Gasteiger partial charge is 0.478 e. The van der Waals surface area contributed by atoms with Crippen molar-refractivity contribution in [2.24, 2.45) is 0 Å². The second-order valence-electron chi connectivity index (χ2n) is 3.62. The zero-order valence-corrected chi connectivity index (χ0v) is 8.95. The summed E-state index contributed by atoms with van der Waals surface area (Å²) in [7, 11) is 0. The van der Waals surface area contributed by atoms with E-state index in [0.29, 0.717) is 11.6 Å². The lowest BCUT2D eigenvalue weighted by Gasteiger charge is -2.07. The molecule has 0 fully saturated rings. The summed E-state index contributed by atoms with van der Waals surface area (Å²) < 4.78 is 38.9. The van der Waals surface area contributed by atoms with E-state index in [1.54, 1.807) is 0 Å². The Morgan fingerprint density at radius 2 is 1.50 bits per heavy atom. The lowest BCUT2D eigenvalue weighted by molar-refractivity contribution is 0.0697. The zero-order chi connectivity index (χ0) is 13.3. The van der Waals surface area contributed by atoms with Crippen molar-refractivity contribution in [2.75, 3.05) is 0 Å². The Labute approximate surface area is 100 Å². The van der Waals surface area contributed by atoms with E-state index in [0.717, 1.165) is 18.2 Å². The summed E-state index contributed by atoms with van der Waals surface area (Å²) in [6, 6.07) is 6.22. The van der Waals surface area contributed by atoms with Crippen LogP contribution in [-0.4, -0.2) is 11.1 Å². The summed E-state index contributed by atoms with van der Waals surface area (Å²) in [6.45, 7) is 0. The van der Waals surface area contributed by atoms with Crippen LogP contribution in [0, 0.1) is 17.5 Å². The van der Waals surface area contributed by atoms with Gasteiger partial charge in [-0.25, -0.2) is 18.0 Å². The molecule has 5 heteroatoms. The molecule has 2 rings (SSSR count). The van der Waals surface area contributed by atoms with Crippen molar-refractivity contribution in [3.8, 4) is 11.1 Å². The molecule has 0 saturated heterocycles. The summed E-state index contributed by atoms with van der Waals surface area (Å²) in [5, 5.41) is 8.93. The van der Waals surface area contributed by atoms with E-state index in [2.05, 4.69) is 0 Å². The van der Waals surface area contributed by atoms with Crippen LogP contribution >= 0.6 is 0 Å². The third-order valence-electron chi connectivity index (χ3n) is 2.45. The van der Waals surface area contributed by atoms with Gasteiger partial charge in [0.1, 0.15) is 5.82 Å². The molecule has 0 aliphatic rings. The summed E-state index contributed by atoms with van der Waals surface area (Å²) in [6.07, 6.45) is 0. The summed E-state index contributed by atoms with van der Waals surface area (Å²) >= 11 is 0. The molecule has 18 heavy (non-hydrogen) atoms. The molecule has 0 aliphatic heterocycles. The third kappa shape index (κ3) is 2.20. The molecule has 0 atom stereocenters. The maximum Gasteiger partial charge on any atom is 0.336 e. The van der Waals surface area contributed by atoms with Crippen molar-refractivity contribution in [1.29, 1.82) is 0 Å². The SMILES string of the molecule is O=C(O)c1cc(F)c(F)cc1-c1ccc(F)cc1. The second-order valence-corrected chi connectivity index (χ2v) is 3.62. The monoisotopic (exact) mass is 252 g/mol. The number of benzene rings is 2. The summed E-state index contributed by atoms with van der Waals surface area (Å²) in [5.41, 5.74) is -0.0744. The van der Waals surface area contributed by atoms with Gasteiger partial charge in [0.15, 0.2) is 11.6 Å². The number of aromatic carboxylic acids is 1. The maximum absolute atomic E-state index is 13.1. The number of hydrogen-bond donors (Lipinski definition) is 1. The van der Waals surface area contributed by atoms with Crippen LogP contribution in [0.3, 0.4) is 0 Å². The predicted octanol–water partition coefficient (Wildman–Crippen LogP) is 3.47. The van der Waals surface area contributed by atoms with E-state index < -0.39 is 23.4 Å². The van der Waals surface area contributed by atoms with Crippen LogP contribution in [0.1, 0.15) is 10.4 Å². The first kappa shape index (κ1) is 12.2. The molecule has 0 bridgehead atoms. The first-order valence-electron chi connectivity index (χ1n) is 4.97. The average molecular weight is 252 g/mol. The molecule has 92 valence electrons. The van der Waals surface area contributed by atoms with E-state index in [1.807, 2.05) is 0 Å². The van der Waals surface area contributed by atoms with E-state index in [1.165, 1.54) is 12.1 Å². The fourth-order valence-electron chi connectivity index (χ4n) is 1.59. The maximum atomic E-state index is 13.1. The molecule has 1 N–H and O–H groups in total. The van der Waals surface area contributed by atoms with Gasteiger partial charge >= 0.3 is 5.97 Å². The first-order chi connectivity index (χ1) is 8.49. The minimum absolute atomic E-state index is 0.00130. The molecule has 2 aromatic rings. The third-order valence-corrected chi connectivity index (χ3v) is 2.45. The van der Waals surface area contributed by atoms with Gasteiger partial charge in [0.2, 0.25) is 0 Å². The molecule has 0 saturated carbocycles. The van der Waals surface area contributed by atoms with Crippen LogP contribution in [0.15, 0.2) is 36.4 Å². The van der Waals surface area contributed by atoms with Crippen molar-refractivity contribution in [1.82, 2.24) is 0 Å². The lowest BCUT2D eigenvalue weighted by Crippen LogP contribution is -2.02. The smallest absolute Gasteiger partial charge is 0.336 e. The predicted molar refractivity (Wildman–Crippen MR) is 58.7 cm³/mol. The normalized spacial score (nSPS) is 10.4. The molecular weight excluding hydrogens is 245 g/mol. The number of carbonyl (C=O) groups is 1. The first-order valence-corrected chi connectivity index (χ1v) is 4.97. The van der Waals surface area contributed by atoms with E-state index in [-0.39, 0.29) is 11.1 Å². The molecule has 0 radical (unpaired) electrons. The molecular formula is C13H7F3O2. The Hall–Kier alpha value is -2.30.